The third-order valence-electron chi connectivity index (χ3n) is 2.99. The van der Waals surface area contributed by atoms with E-state index in [2.05, 4.69) is 11.2 Å². The van der Waals surface area contributed by atoms with Crippen molar-refractivity contribution in [2.75, 3.05) is 11.4 Å². The van der Waals surface area contributed by atoms with Crippen molar-refractivity contribution in [3.63, 3.8) is 0 Å². The normalized spacial score (nSPS) is 11.2. The van der Waals surface area contributed by atoms with Gasteiger partial charge in [-0.1, -0.05) is 31.0 Å². The van der Waals surface area contributed by atoms with E-state index in [1.807, 2.05) is 25.1 Å². The average molecular weight is 288 g/mol. The van der Waals surface area contributed by atoms with Gasteiger partial charge in [0.05, 0.1) is 6.04 Å². The highest BCUT2D eigenvalue weighted by molar-refractivity contribution is 5.92. The second-order valence-corrected chi connectivity index (χ2v) is 4.56. The third kappa shape index (κ3) is 5.57. The van der Waals surface area contributed by atoms with Gasteiger partial charge in [-0.2, -0.15) is 0 Å². The number of carbonyl (C=O) groups is 2. The number of nitrogens with one attached hydrogen (secondary N) is 1. The summed E-state index contributed by atoms with van der Waals surface area (Å²) in [5, 5.41) is 11.5. The lowest BCUT2D eigenvalue weighted by Crippen LogP contribution is -2.45. The molecule has 5 nitrogen and oxygen atoms in total. The maximum Gasteiger partial charge on any atom is 0.322 e. The number of carboxylic acids is 1. The molecule has 0 aliphatic heterocycles. The van der Waals surface area contributed by atoms with Crippen LogP contribution in [0.1, 0.15) is 26.2 Å². The summed E-state index contributed by atoms with van der Waals surface area (Å²) in [6.45, 7) is 2.21. The molecular formula is C16H20N2O3. The van der Waals surface area contributed by atoms with Crippen molar-refractivity contribution in [1.29, 1.82) is 0 Å². The lowest BCUT2D eigenvalue weighted by molar-refractivity contribution is -0.137. The molecule has 0 aromatic heterocycles. The molecule has 2 amide bonds. The summed E-state index contributed by atoms with van der Waals surface area (Å²) in [5.74, 6) is 1.63. The van der Waals surface area contributed by atoms with Crippen molar-refractivity contribution in [2.45, 2.75) is 32.2 Å². The van der Waals surface area contributed by atoms with E-state index in [4.69, 9.17) is 11.5 Å². The highest BCUT2D eigenvalue weighted by Crippen LogP contribution is 2.14. The fourth-order valence-corrected chi connectivity index (χ4v) is 1.83. The molecule has 1 aromatic carbocycles. The van der Waals surface area contributed by atoms with E-state index in [1.165, 1.54) is 4.90 Å². The number of anilines is 1. The molecule has 2 N–H and O–H groups in total. The molecule has 1 rings (SSSR count). The first-order valence-electron chi connectivity index (χ1n) is 6.89. The third-order valence-corrected chi connectivity index (χ3v) is 2.99. The molecule has 1 atom stereocenters. The van der Waals surface area contributed by atoms with Gasteiger partial charge in [0.25, 0.3) is 0 Å². The molecule has 0 bridgehead atoms. The van der Waals surface area contributed by atoms with Crippen LogP contribution in [0.5, 0.6) is 0 Å². The van der Waals surface area contributed by atoms with Crippen LogP contribution in [0.3, 0.4) is 0 Å². The Hall–Kier alpha value is -2.48. The Morgan fingerprint density at radius 2 is 2.05 bits per heavy atom. The van der Waals surface area contributed by atoms with Crippen molar-refractivity contribution in [1.82, 2.24) is 5.32 Å². The summed E-state index contributed by atoms with van der Waals surface area (Å²) in [6, 6.07) is 8.47. The zero-order valence-corrected chi connectivity index (χ0v) is 12.1. The van der Waals surface area contributed by atoms with E-state index < -0.39 is 5.97 Å². The van der Waals surface area contributed by atoms with Crippen LogP contribution in [0, 0.1) is 12.3 Å². The maximum atomic E-state index is 12.3. The molecule has 21 heavy (non-hydrogen) atoms. The molecule has 1 unspecified atom stereocenters. The highest BCUT2D eigenvalue weighted by atomic mass is 16.4. The molecule has 0 radical (unpaired) electrons. The minimum atomic E-state index is -0.876. The van der Waals surface area contributed by atoms with Crippen molar-refractivity contribution in [3.8, 4) is 12.3 Å². The number of carboxylic acid groups (broad SMARTS) is 1. The summed E-state index contributed by atoms with van der Waals surface area (Å²) in [4.78, 5) is 24.4. The fraction of sp³-hybridized carbons (Fsp3) is 0.375. The van der Waals surface area contributed by atoms with Crippen LogP contribution < -0.4 is 10.2 Å². The number of rotatable bonds is 7. The van der Waals surface area contributed by atoms with Crippen LogP contribution in [0.4, 0.5) is 10.5 Å². The molecule has 1 aromatic rings. The lowest BCUT2D eigenvalue weighted by Gasteiger charge is -2.24. The Kier molecular flexibility index (Phi) is 6.82. The minimum absolute atomic E-state index is 0.0168. The number of urea groups is 1. The number of hydrogen-bond donors (Lipinski definition) is 2. The molecular weight excluding hydrogens is 268 g/mol. The number of benzene rings is 1. The van der Waals surface area contributed by atoms with Crippen LogP contribution in [-0.4, -0.2) is 29.7 Å². The average Bonchev–Trinajstić information content (AvgIpc) is 2.49. The zero-order valence-electron chi connectivity index (χ0n) is 12.1. The van der Waals surface area contributed by atoms with Gasteiger partial charge in [-0.3, -0.25) is 9.69 Å². The Morgan fingerprint density at radius 3 is 2.57 bits per heavy atom. The summed E-state index contributed by atoms with van der Waals surface area (Å²) < 4.78 is 0. The largest absolute Gasteiger partial charge is 0.481 e. The standard InChI is InChI=1S/C16H20N2O3/c1-3-13(4-2)17-16(21)18(12-8-11-15(19)20)14-9-6-5-7-10-14/h1,5-7,9-10,13H,4,8,11-12H2,2H3,(H,17,21)(H,19,20). The first-order chi connectivity index (χ1) is 10.1. The van der Waals surface area contributed by atoms with Crippen LogP contribution in [-0.2, 0) is 4.79 Å². The number of aliphatic carboxylic acids is 1. The number of carbonyl (C=O) groups excluding carboxylic acids is 1. The zero-order chi connectivity index (χ0) is 15.7. The lowest BCUT2D eigenvalue weighted by atomic mass is 10.2. The van der Waals surface area contributed by atoms with Crippen LogP contribution in [0.25, 0.3) is 0 Å². The molecule has 0 aliphatic rings. The maximum absolute atomic E-state index is 12.3. The van der Waals surface area contributed by atoms with Gasteiger partial charge in [-0.05, 0) is 25.0 Å². The Balaban J connectivity index is 2.79. The molecule has 0 aliphatic carbocycles. The predicted molar refractivity (Wildman–Crippen MR) is 82.1 cm³/mol. The molecule has 0 saturated carbocycles. The molecule has 0 heterocycles. The molecule has 0 saturated heterocycles. The second-order valence-electron chi connectivity index (χ2n) is 4.56. The van der Waals surface area contributed by atoms with Gasteiger partial charge in [-0.15, -0.1) is 6.42 Å². The van der Waals surface area contributed by atoms with Crippen molar-refractivity contribution in [2.24, 2.45) is 0 Å². The fourth-order valence-electron chi connectivity index (χ4n) is 1.83. The number of terminal acetylenes is 1. The number of nitrogens with zero attached hydrogens (tertiary/aromatic N) is 1. The van der Waals surface area contributed by atoms with Gasteiger partial charge in [0, 0.05) is 18.7 Å². The smallest absolute Gasteiger partial charge is 0.322 e. The first kappa shape index (κ1) is 16.6. The van der Waals surface area contributed by atoms with Crippen LogP contribution in [0.2, 0.25) is 0 Å². The molecule has 5 heteroatoms. The van der Waals surface area contributed by atoms with Crippen molar-refractivity contribution < 1.29 is 14.7 Å². The van der Waals surface area contributed by atoms with E-state index in [9.17, 15) is 9.59 Å². The quantitative estimate of drug-likeness (QED) is 0.757. The summed E-state index contributed by atoms with van der Waals surface area (Å²) in [6.07, 6.45) is 6.38. The molecule has 112 valence electrons. The van der Waals surface area contributed by atoms with Crippen molar-refractivity contribution >= 4 is 17.7 Å². The summed E-state index contributed by atoms with van der Waals surface area (Å²) in [5.41, 5.74) is 0.715. The number of amides is 2. The topological polar surface area (TPSA) is 69.6 Å². The number of para-hydroxylation sites is 1. The second kappa shape index (κ2) is 8.64. The van der Waals surface area contributed by atoms with Crippen molar-refractivity contribution in [3.05, 3.63) is 30.3 Å². The number of hydrogen-bond acceptors (Lipinski definition) is 2. The highest BCUT2D eigenvalue weighted by Gasteiger charge is 2.17. The van der Waals surface area contributed by atoms with Gasteiger partial charge in [-0.25, -0.2) is 4.79 Å². The van der Waals surface area contributed by atoms with E-state index in [0.717, 1.165) is 0 Å². The predicted octanol–water partition coefficient (Wildman–Crippen LogP) is 2.48. The Morgan fingerprint density at radius 1 is 1.38 bits per heavy atom. The van der Waals surface area contributed by atoms with E-state index in [0.29, 0.717) is 25.1 Å². The van der Waals surface area contributed by atoms with E-state index >= 15 is 0 Å². The summed E-state index contributed by atoms with van der Waals surface area (Å²) in [7, 11) is 0. The molecule has 0 spiro atoms. The monoisotopic (exact) mass is 288 g/mol. The molecule has 0 fully saturated rings. The Bertz CT molecular complexity index is 508. The van der Waals surface area contributed by atoms with Crippen LogP contribution in [0.15, 0.2) is 30.3 Å². The van der Waals surface area contributed by atoms with Crippen LogP contribution >= 0.6 is 0 Å². The minimum Gasteiger partial charge on any atom is -0.481 e. The first-order valence-corrected chi connectivity index (χ1v) is 6.89. The van der Waals surface area contributed by atoms with Gasteiger partial charge in [0.1, 0.15) is 0 Å². The van der Waals surface area contributed by atoms with Gasteiger partial charge in [0.2, 0.25) is 0 Å². The van der Waals surface area contributed by atoms with E-state index in [-0.39, 0.29) is 18.5 Å². The van der Waals surface area contributed by atoms with Gasteiger partial charge >= 0.3 is 12.0 Å². The van der Waals surface area contributed by atoms with Gasteiger partial charge < -0.3 is 10.4 Å². The van der Waals surface area contributed by atoms with Gasteiger partial charge in [0.15, 0.2) is 0 Å². The Labute approximate surface area is 125 Å². The SMILES string of the molecule is C#CC(CC)NC(=O)N(CCCC(=O)O)c1ccccc1. The summed E-state index contributed by atoms with van der Waals surface area (Å²) >= 11 is 0. The van der Waals surface area contributed by atoms with E-state index in [1.54, 1.807) is 12.1 Å².